The van der Waals surface area contributed by atoms with Crippen LogP contribution in [0.1, 0.15) is 43.6 Å². The fourth-order valence-electron chi connectivity index (χ4n) is 2.25. The molecular weight excluding hydrogens is 316 g/mol. The van der Waals surface area contributed by atoms with Crippen LogP contribution in [0.3, 0.4) is 0 Å². The molecule has 0 saturated carbocycles. The van der Waals surface area contributed by atoms with Gasteiger partial charge in [0.25, 0.3) is 5.91 Å². The molecule has 0 bridgehead atoms. The quantitative estimate of drug-likeness (QED) is 0.874. The van der Waals surface area contributed by atoms with Crippen molar-refractivity contribution in [2.45, 2.75) is 39.2 Å². The molecule has 0 radical (unpaired) electrons. The van der Waals surface area contributed by atoms with E-state index in [-0.39, 0.29) is 11.3 Å². The fraction of sp³-hybridized carbons (Fsp3) is 0.300. The molecule has 0 heterocycles. The van der Waals surface area contributed by atoms with Gasteiger partial charge in [-0.25, -0.2) is 0 Å². The van der Waals surface area contributed by atoms with Gasteiger partial charge < -0.3 is 15.8 Å². The van der Waals surface area contributed by atoms with Crippen molar-refractivity contribution in [1.29, 1.82) is 0 Å². The lowest BCUT2D eigenvalue weighted by molar-refractivity contribution is -0.122. The molecule has 2 amide bonds. The maximum Gasteiger partial charge on any atom is 0.265 e. The Hall–Kier alpha value is -2.82. The number of carbonyl (C=O) groups excluding carboxylic acids is 2. The first-order chi connectivity index (χ1) is 11.7. The van der Waals surface area contributed by atoms with Crippen LogP contribution < -0.4 is 15.8 Å². The lowest BCUT2D eigenvalue weighted by atomic mass is 9.87. The van der Waals surface area contributed by atoms with Crippen molar-refractivity contribution in [2.75, 3.05) is 5.32 Å². The zero-order valence-corrected chi connectivity index (χ0v) is 15.0. The number of carbonyl (C=O) groups is 2. The Morgan fingerprint density at radius 1 is 1.00 bits per heavy atom. The van der Waals surface area contributed by atoms with E-state index in [0.29, 0.717) is 17.0 Å². The van der Waals surface area contributed by atoms with Gasteiger partial charge in [-0.15, -0.1) is 0 Å². The minimum Gasteiger partial charge on any atom is -0.481 e. The largest absolute Gasteiger partial charge is 0.481 e. The van der Waals surface area contributed by atoms with Crippen LogP contribution in [0.5, 0.6) is 5.75 Å². The second kappa shape index (κ2) is 7.38. The van der Waals surface area contributed by atoms with Gasteiger partial charge in [0.1, 0.15) is 5.75 Å². The van der Waals surface area contributed by atoms with E-state index in [4.69, 9.17) is 10.5 Å². The van der Waals surface area contributed by atoms with Gasteiger partial charge >= 0.3 is 0 Å². The monoisotopic (exact) mass is 340 g/mol. The second-order valence-corrected chi connectivity index (χ2v) is 6.97. The summed E-state index contributed by atoms with van der Waals surface area (Å²) in [7, 11) is 0. The highest BCUT2D eigenvalue weighted by Gasteiger charge is 2.17. The maximum atomic E-state index is 12.2. The maximum absolute atomic E-state index is 12.2. The molecule has 0 aliphatic carbocycles. The van der Waals surface area contributed by atoms with Crippen LogP contribution >= 0.6 is 0 Å². The molecule has 2 aromatic carbocycles. The van der Waals surface area contributed by atoms with Gasteiger partial charge in [0.2, 0.25) is 5.91 Å². The number of anilines is 1. The highest BCUT2D eigenvalue weighted by molar-refractivity contribution is 5.96. The first-order valence-corrected chi connectivity index (χ1v) is 8.15. The highest BCUT2D eigenvalue weighted by Crippen LogP contribution is 2.24. The predicted molar refractivity (Wildman–Crippen MR) is 98.8 cm³/mol. The average Bonchev–Trinajstić information content (AvgIpc) is 2.55. The summed E-state index contributed by atoms with van der Waals surface area (Å²) in [5, 5.41) is 2.75. The summed E-state index contributed by atoms with van der Waals surface area (Å²) in [5.41, 5.74) is 7.43. The molecule has 0 fully saturated rings. The number of rotatable bonds is 5. The Balaban J connectivity index is 1.96. The third-order valence-corrected chi connectivity index (χ3v) is 3.84. The standard InChI is InChI=1S/C20H24N2O3/c1-13(25-17-11-7-15(8-12-17)20(2,3)4)19(24)22-16-9-5-14(6-10-16)18(21)23/h5-13H,1-4H3,(H2,21,23)(H,22,24)/t13-/m0/s1. The van der Waals surface area contributed by atoms with E-state index in [9.17, 15) is 9.59 Å². The Morgan fingerprint density at radius 2 is 1.56 bits per heavy atom. The summed E-state index contributed by atoms with van der Waals surface area (Å²) >= 11 is 0. The summed E-state index contributed by atoms with van der Waals surface area (Å²) in [5.74, 6) is -0.139. The first kappa shape index (κ1) is 18.5. The molecule has 25 heavy (non-hydrogen) atoms. The lowest BCUT2D eigenvalue weighted by Crippen LogP contribution is -2.30. The van der Waals surface area contributed by atoms with Crippen LogP contribution in [0, 0.1) is 0 Å². The highest BCUT2D eigenvalue weighted by atomic mass is 16.5. The number of hydrogen-bond donors (Lipinski definition) is 2. The van der Waals surface area contributed by atoms with E-state index >= 15 is 0 Å². The molecule has 3 N–H and O–H groups in total. The zero-order valence-electron chi connectivity index (χ0n) is 15.0. The van der Waals surface area contributed by atoms with Crippen LogP contribution in [0.15, 0.2) is 48.5 Å². The Kier molecular flexibility index (Phi) is 5.47. The average molecular weight is 340 g/mol. The first-order valence-electron chi connectivity index (χ1n) is 8.15. The third-order valence-electron chi connectivity index (χ3n) is 3.84. The molecule has 0 saturated heterocycles. The van der Waals surface area contributed by atoms with Crippen molar-refractivity contribution in [2.24, 2.45) is 5.73 Å². The number of ether oxygens (including phenoxy) is 1. The Bertz CT molecular complexity index is 744. The van der Waals surface area contributed by atoms with E-state index < -0.39 is 12.0 Å². The van der Waals surface area contributed by atoms with Gasteiger partial charge in [-0.05, 0) is 54.3 Å². The SMILES string of the molecule is C[C@H](Oc1ccc(C(C)(C)C)cc1)C(=O)Nc1ccc(C(N)=O)cc1. The van der Waals surface area contributed by atoms with Crippen LogP contribution in [0.4, 0.5) is 5.69 Å². The molecule has 0 aliphatic heterocycles. The zero-order chi connectivity index (χ0) is 18.6. The number of amides is 2. The molecular formula is C20H24N2O3. The minimum absolute atomic E-state index is 0.0681. The number of benzene rings is 2. The van der Waals surface area contributed by atoms with Crippen LogP contribution in [-0.2, 0) is 10.2 Å². The van der Waals surface area contributed by atoms with Crippen molar-refractivity contribution >= 4 is 17.5 Å². The van der Waals surface area contributed by atoms with Gasteiger partial charge in [-0.1, -0.05) is 32.9 Å². The lowest BCUT2D eigenvalue weighted by Gasteiger charge is -2.20. The number of hydrogen-bond acceptors (Lipinski definition) is 3. The summed E-state index contributed by atoms with van der Waals surface area (Å²) < 4.78 is 5.69. The van der Waals surface area contributed by atoms with Gasteiger partial charge in [-0.2, -0.15) is 0 Å². The fourth-order valence-corrected chi connectivity index (χ4v) is 2.25. The molecule has 1 atom stereocenters. The van der Waals surface area contributed by atoms with E-state index in [1.807, 2.05) is 24.3 Å². The Labute approximate surface area is 148 Å². The van der Waals surface area contributed by atoms with E-state index in [2.05, 4.69) is 26.1 Å². The van der Waals surface area contributed by atoms with Gasteiger partial charge in [-0.3, -0.25) is 9.59 Å². The number of nitrogens with one attached hydrogen (secondary N) is 1. The van der Waals surface area contributed by atoms with Crippen molar-refractivity contribution in [3.05, 3.63) is 59.7 Å². The molecule has 2 aromatic rings. The van der Waals surface area contributed by atoms with Crippen molar-refractivity contribution in [3.8, 4) is 5.75 Å². The summed E-state index contributed by atoms with van der Waals surface area (Å²) in [6.45, 7) is 8.11. The molecule has 5 nitrogen and oxygen atoms in total. The van der Waals surface area contributed by atoms with Crippen LogP contribution in [0.25, 0.3) is 0 Å². The smallest absolute Gasteiger partial charge is 0.265 e. The number of primary amides is 1. The molecule has 0 aromatic heterocycles. The summed E-state index contributed by atoms with van der Waals surface area (Å²) in [6.07, 6.45) is -0.656. The van der Waals surface area contributed by atoms with Gasteiger partial charge in [0.15, 0.2) is 6.10 Å². The number of nitrogens with two attached hydrogens (primary N) is 1. The molecule has 5 heteroatoms. The second-order valence-electron chi connectivity index (χ2n) is 6.97. The molecule has 2 rings (SSSR count). The van der Waals surface area contributed by atoms with Crippen LogP contribution in [-0.4, -0.2) is 17.9 Å². The molecule has 132 valence electrons. The summed E-state index contributed by atoms with van der Waals surface area (Å²) in [4.78, 5) is 23.3. The van der Waals surface area contributed by atoms with Crippen molar-refractivity contribution < 1.29 is 14.3 Å². The van der Waals surface area contributed by atoms with Crippen molar-refractivity contribution in [3.63, 3.8) is 0 Å². The van der Waals surface area contributed by atoms with E-state index in [0.717, 1.165) is 0 Å². The van der Waals surface area contributed by atoms with E-state index in [1.54, 1.807) is 31.2 Å². The molecule has 0 unspecified atom stereocenters. The van der Waals surface area contributed by atoms with Crippen LogP contribution in [0.2, 0.25) is 0 Å². The third kappa shape index (κ3) is 5.08. The van der Waals surface area contributed by atoms with Crippen molar-refractivity contribution in [1.82, 2.24) is 0 Å². The van der Waals surface area contributed by atoms with Gasteiger partial charge in [0, 0.05) is 11.3 Å². The van der Waals surface area contributed by atoms with Gasteiger partial charge in [0.05, 0.1) is 0 Å². The summed E-state index contributed by atoms with van der Waals surface area (Å²) in [6, 6.07) is 14.1. The topological polar surface area (TPSA) is 81.4 Å². The van der Waals surface area contributed by atoms with E-state index in [1.165, 1.54) is 5.56 Å². The predicted octanol–water partition coefficient (Wildman–Crippen LogP) is 3.49. The molecule has 0 spiro atoms. The Morgan fingerprint density at radius 3 is 2.04 bits per heavy atom. The normalized spacial score (nSPS) is 12.3. The molecule has 0 aliphatic rings. The minimum atomic E-state index is -0.656.